The van der Waals surface area contributed by atoms with Crippen LogP contribution in [0.15, 0.2) is 0 Å². The molecule has 3 atom stereocenters. The monoisotopic (exact) mass is 429 g/mol. The lowest BCUT2D eigenvalue weighted by atomic mass is 9.93. The average Bonchev–Trinajstić information content (AvgIpc) is 2.55. The molecule has 0 aliphatic rings. The lowest BCUT2D eigenvalue weighted by Crippen LogP contribution is -2.53. The van der Waals surface area contributed by atoms with Crippen LogP contribution in [0.1, 0.15) is 86.5 Å². The van der Waals surface area contributed by atoms with Gasteiger partial charge in [-0.15, -0.1) is 0 Å². The van der Waals surface area contributed by atoms with Crippen LogP contribution in [0.4, 0.5) is 13.2 Å². The summed E-state index contributed by atoms with van der Waals surface area (Å²) in [5.74, 6) is -2.25. The van der Waals surface area contributed by atoms with E-state index in [9.17, 15) is 22.2 Å². The minimum absolute atomic E-state index is 0.0275. The summed E-state index contributed by atoms with van der Waals surface area (Å²) < 4.78 is 60.0. The highest BCUT2D eigenvalue weighted by Gasteiger charge is 2.49. The highest BCUT2D eigenvalue weighted by molar-refractivity contribution is 7.84. The van der Waals surface area contributed by atoms with E-state index in [-0.39, 0.29) is 18.9 Å². The van der Waals surface area contributed by atoms with Gasteiger partial charge in [0.15, 0.2) is 0 Å². The van der Waals surface area contributed by atoms with Crippen molar-refractivity contribution in [3.05, 3.63) is 0 Å². The van der Waals surface area contributed by atoms with Crippen molar-refractivity contribution >= 4 is 17.0 Å². The maximum atomic E-state index is 13.7. The summed E-state index contributed by atoms with van der Waals surface area (Å²) in [6.45, 7) is 10.6. The third kappa shape index (κ3) is 11.4. The summed E-state index contributed by atoms with van der Waals surface area (Å²) >= 11 is 0. The Morgan fingerprint density at radius 1 is 1.04 bits per heavy atom. The van der Waals surface area contributed by atoms with E-state index in [1.165, 1.54) is 0 Å². The predicted molar refractivity (Wildman–Crippen MR) is 108 cm³/mol. The van der Waals surface area contributed by atoms with E-state index in [4.69, 9.17) is 4.74 Å². The largest absolute Gasteiger partial charge is 0.465 e. The summed E-state index contributed by atoms with van der Waals surface area (Å²) in [4.78, 5) is 12.5. The van der Waals surface area contributed by atoms with Crippen molar-refractivity contribution in [3.8, 4) is 0 Å². The molecule has 0 aromatic heterocycles. The molecule has 0 unspecified atom stereocenters. The Bertz CT molecular complexity index is 476. The quantitative estimate of drug-likeness (QED) is 0.309. The predicted octanol–water partition coefficient (Wildman–Crippen LogP) is 5.54. The smallest absolute Gasteiger partial charge is 0.405 e. The first-order valence-corrected chi connectivity index (χ1v) is 11.4. The van der Waals surface area contributed by atoms with Gasteiger partial charge in [0, 0.05) is 0 Å². The average molecular weight is 430 g/mol. The van der Waals surface area contributed by atoms with Crippen LogP contribution < -0.4 is 4.72 Å². The number of carbonyl (C=O) groups excluding carboxylic acids is 1. The molecular weight excluding hydrogens is 391 g/mol. The topological polar surface area (TPSA) is 55.4 Å². The fourth-order valence-electron chi connectivity index (χ4n) is 2.59. The summed E-state index contributed by atoms with van der Waals surface area (Å²) in [7, 11) is -1.95. The molecular formula is C20H38F3NO3S. The number of rotatable bonds is 13. The van der Waals surface area contributed by atoms with Gasteiger partial charge in [-0.1, -0.05) is 59.3 Å². The molecule has 0 bridgehead atoms. The zero-order valence-electron chi connectivity index (χ0n) is 18.2. The Kier molecular flexibility index (Phi) is 12.5. The van der Waals surface area contributed by atoms with Crippen molar-refractivity contribution in [1.82, 2.24) is 4.72 Å². The fraction of sp³-hybridized carbons (Fsp3) is 0.950. The highest BCUT2D eigenvalue weighted by Crippen LogP contribution is 2.31. The van der Waals surface area contributed by atoms with Crippen LogP contribution in [0.2, 0.25) is 0 Å². The number of hydrogen-bond donors (Lipinski definition) is 1. The number of alkyl halides is 3. The lowest BCUT2D eigenvalue weighted by molar-refractivity contribution is -0.180. The number of unbranched alkanes of at least 4 members (excludes halogenated alkanes) is 5. The third-order valence-corrected chi connectivity index (χ3v) is 5.86. The van der Waals surface area contributed by atoms with E-state index in [0.717, 1.165) is 32.1 Å². The molecule has 0 heterocycles. The van der Waals surface area contributed by atoms with E-state index in [1.807, 2.05) is 13.8 Å². The van der Waals surface area contributed by atoms with Crippen LogP contribution >= 0.6 is 0 Å². The van der Waals surface area contributed by atoms with Gasteiger partial charge in [0.25, 0.3) is 0 Å². The first-order valence-electron chi connectivity index (χ1n) is 10.2. The second-order valence-corrected chi connectivity index (χ2v) is 10.7. The zero-order chi connectivity index (χ0) is 22.0. The second-order valence-electron chi connectivity index (χ2n) is 8.71. The first kappa shape index (κ1) is 27.4. The van der Waals surface area contributed by atoms with E-state index in [0.29, 0.717) is 6.42 Å². The molecule has 8 heteroatoms. The molecule has 0 aliphatic carbocycles. The van der Waals surface area contributed by atoms with Gasteiger partial charge in [0.2, 0.25) is 0 Å². The minimum atomic E-state index is -4.70. The minimum Gasteiger partial charge on any atom is -0.465 e. The molecule has 0 rings (SSSR count). The van der Waals surface area contributed by atoms with E-state index < -0.39 is 39.8 Å². The molecule has 0 spiro atoms. The molecule has 0 aromatic rings. The SMILES string of the molecule is CCCCCCCC[C@H](C(=O)OCC(C)C)[C@H](N[S@@](=O)C(C)(C)C)C(F)(F)F. The standard InChI is InChI=1S/C20H38F3NO3S/c1-7-8-9-10-11-12-13-16(18(25)27-14-15(2)3)17(20(21,22)23)24-28(26)19(4,5)6/h15-17,24H,7-14H2,1-6H3/t16-,17-,28-/m0/s1. The van der Waals surface area contributed by atoms with Crippen LogP contribution in [-0.4, -0.2) is 33.8 Å². The van der Waals surface area contributed by atoms with E-state index in [1.54, 1.807) is 20.8 Å². The summed E-state index contributed by atoms with van der Waals surface area (Å²) in [5, 5.41) is 0. The molecule has 0 aliphatic heterocycles. The van der Waals surface area contributed by atoms with Crippen LogP contribution in [-0.2, 0) is 20.5 Å². The van der Waals surface area contributed by atoms with E-state index >= 15 is 0 Å². The maximum absolute atomic E-state index is 13.7. The molecule has 28 heavy (non-hydrogen) atoms. The van der Waals surface area contributed by atoms with Gasteiger partial charge < -0.3 is 4.74 Å². The van der Waals surface area contributed by atoms with Gasteiger partial charge in [-0.2, -0.15) is 13.2 Å². The van der Waals surface area contributed by atoms with Gasteiger partial charge in [-0.3, -0.25) is 4.79 Å². The molecule has 0 fully saturated rings. The van der Waals surface area contributed by atoms with Crippen molar-refractivity contribution < 1.29 is 26.9 Å². The highest BCUT2D eigenvalue weighted by atomic mass is 32.2. The van der Waals surface area contributed by atoms with Crippen molar-refractivity contribution in [1.29, 1.82) is 0 Å². The maximum Gasteiger partial charge on any atom is 0.405 e. The van der Waals surface area contributed by atoms with Gasteiger partial charge in [-0.25, -0.2) is 8.93 Å². The van der Waals surface area contributed by atoms with Crippen LogP contribution in [0.25, 0.3) is 0 Å². The zero-order valence-corrected chi connectivity index (χ0v) is 19.0. The lowest BCUT2D eigenvalue weighted by Gasteiger charge is -2.31. The Balaban J connectivity index is 5.29. The molecule has 0 aromatic carbocycles. The number of esters is 1. The van der Waals surface area contributed by atoms with Crippen LogP contribution in [0.5, 0.6) is 0 Å². The summed E-state index contributed by atoms with van der Waals surface area (Å²) in [6.07, 6.45) is 0.766. The Labute approximate surface area is 171 Å². The van der Waals surface area contributed by atoms with Crippen molar-refractivity contribution in [2.45, 2.75) is 103 Å². The van der Waals surface area contributed by atoms with Gasteiger partial charge in [0.1, 0.15) is 6.04 Å². The number of ether oxygens (including phenoxy) is 1. The second kappa shape index (κ2) is 12.8. The van der Waals surface area contributed by atoms with E-state index in [2.05, 4.69) is 11.6 Å². The molecule has 1 N–H and O–H groups in total. The van der Waals surface area contributed by atoms with Crippen molar-refractivity contribution in [3.63, 3.8) is 0 Å². The molecule has 0 saturated heterocycles. The number of nitrogens with one attached hydrogen (secondary N) is 1. The fourth-order valence-corrected chi connectivity index (χ4v) is 3.47. The van der Waals surface area contributed by atoms with Gasteiger partial charge in [0.05, 0.1) is 28.3 Å². The van der Waals surface area contributed by atoms with Crippen molar-refractivity contribution in [2.24, 2.45) is 11.8 Å². The third-order valence-electron chi connectivity index (χ3n) is 4.28. The molecule has 0 saturated carbocycles. The Morgan fingerprint density at radius 3 is 2.04 bits per heavy atom. The summed E-state index contributed by atoms with van der Waals surface area (Å²) in [6, 6.07) is -2.19. The van der Waals surface area contributed by atoms with Crippen LogP contribution in [0.3, 0.4) is 0 Å². The number of carbonyl (C=O) groups is 1. The van der Waals surface area contributed by atoms with Gasteiger partial charge in [-0.05, 0) is 33.1 Å². The summed E-state index contributed by atoms with van der Waals surface area (Å²) in [5.41, 5.74) is 0. The Morgan fingerprint density at radius 2 is 1.57 bits per heavy atom. The molecule has 168 valence electrons. The molecule has 4 nitrogen and oxygen atoms in total. The normalized spacial score (nSPS) is 16.1. The number of halogens is 3. The number of hydrogen-bond acceptors (Lipinski definition) is 3. The van der Waals surface area contributed by atoms with Gasteiger partial charge >= 0.3 is 12.1 Å². The molecule has 0 amide bonds. The molecule has 0 radical (unpaired) electrons. The van der Waals surface area contributed by atoms with Crippen LogP contribution in [0, 0.1) is 11.8 Å². The first-order chi connectivity index (χ1) is 12.8. The van der Waals surface area contributed by atoms with Crippen molar-refractivity contribution in [2.75, 3.05) is 6.61 Å². The Hall–Kier alpha value is -0.630.